The molecule has 0 radical (unpaired) electrons. The van der Waals surface area contributed by atoms with Gasteiger partial charge in [-0.1, -0.05) is 13.0 Å². The first kappa shape index (κ1) is 37.7. The Kier molecular flexibility index (Phi) is 12.0. The highest BCUT2D eigenvalue weighted by Gasteiger charge is 2.44. The summed E-state index contributed by atoms with van der Waals surface area (Å²) in [6, 6.07) is -1.60. The van der Waals surface area contributed by atoms with Gasteiger partial charge >= 0.3 is 5.97 Å². The van der Waals surface area contributed by atoms with Crippen LogP contribution in [0.2, 0.25) is 0 Å². The first-order chi connectivity index (χ1) is 23.0. The molecular formula is C34H49FN6O8. The molecule has 15 heteroatoms. The molecule has 5 amide bonds. The molecule has 0 aliphatic carbocycles. The number of aliphatic hydroxyl groups excluding tert-OH is 1. The number of esters is 1. The molecule has 1 aromatic carbocycles. The number of aliphatic hydroxyl groups is 1. The van der Waals surface area contributed by atoms with Gasteiger partial charge in [-0.25, -0.2) is 9.18 Å². The molecule has 49 heavy (non-hydrogen) atoms. The van der Waals surface area contributed by atoms with Crippen molar-refractivity contribution >= 4 is 35.5 Å². The second-order valence-electron chi connectivity index (χ2n) is 14.0. The summed E-state index contributed by atoms with van der Waals surface area (Å²) in [6.07, 6.45) is -1.78. The SMILES string of the molecule is Cc1cc(F)cc(C[C@H](N)C(=O)N[C@@H]2C(=O)N3CCC(CC(=O)N(C)[C@@H](C(C)O)C(=O)N[C@@H](C)C(=O)N4C[C@@H](C)C[C@H]4C(=O)O[C@H]2C)C3)c1. The number of carbonyl (C=O) groups excluding carboxylic acids is 6. The molecule has 3 heterocycles. The Hall–Kier alpha value is -4.11. The third-order valence-electron chi connectivity index (χ3n) is 9.62. The van der Waals surface area contributed by atoms with Crippen molar-refractivity contribution in [3.05, 3.63) is 35.1 Å². The zero-order valence-electron chi connectivity index (χ0n) is 29.0. The Morgan fingerprint density at radius 3 is 2.47 bits per heavy atom. The molecule has 3 saturated heterocycles. The quantitative estimate of drug-likeness (QED) is 0.299. The van der Waals surface area contributed by atoms with Crippen LogP contribution in [0.1, 0.15) is 58.1 Å². The van der Waals surface area contributed by atoms with E-state index in [1.54, 1.807) is 13.0 Å². The normalized spacial score (nSPS) is 30.3. The zero-order valence-corrected chi connectivity index (χ0v) is 29.0. The van der Waals surface area contributed by atoms with Crippen molar-refractivity contribution in [3.63, 3.8) is 0 Å². The van der Waals surface area contributed by atoms with Gasteiger partial charge in [-0.3, -0.25) is 24.0 Å². The van der Waals surface area contributed by atoms with Gasteiger partial charge < -0.3 is 40.9 Å². The van der Waals surface area contributed by atoms with E-state index in [1.807, 2.05) is 6.92 Å². The monoisotopic (exact) mass is 688 g/mol. The number of amides is 5. The second-order valence-corrected chi connectivity index (χ2v) is 14.0. The molecule has 2 unspecified atom stereocenters. The van der Waals surface area contributed by atoms with Crippen LogP contribution in [-0.2, 0) is 39.9 Å². The van der Waals surface area contributed by atoms with Crippen molar-refractivity contribution in [1.29, 1.82) is 0 Å². The number of rotatable bonds is 5. The predicted octanol–water partition coefficient (Wildman–Crippen LogP) is -0.378. The van der Waals surface area contributed by atoms with Gasteiger partial charge in [-0.05, 0) is 82.1 Å². The summed E-state index contributed by atoms with van der Waals surface area (Å²) in [5, 5.41) is 15.7. The summed E-state index contributed by atoms with van der Waals surface area (Å²) in [5.41, 5.74) is 7.36. The van der Waals surface area contributed by atoms with E-state index in [0.29, 0.717) is 17.5 Å². The van der Waals surface area contributed by atoms with E-state index in [0.717, 1.165) is 4.90 Å². The lowest BCUT2D eigenvalue weighted by Crippen LogP contribution is -2.59. The summed E-state index contributed by atoms with van der Waals surface area (Å²) >= 11 is 0. The number of hydrogen-bond acceptors (Lipinski definition) is 9. The number of hydrogen-bond donors (Lipinski definition) is 4. The predicted molar refractivity (Wildman–Crippen MR) is 175 cm³/mol. The Labute approximate surface area is 285 Å². The van der Waals surface area contributed by atoms with Crippen molar-refractivity contribution in [2.75, 3.05) is 26.7 Å². The maximum Gasteiger partial charge on any atom is 0.329 e. The van der Waals surface area contributed by atoms with E-state index < -0.39 is 83.7 Å². The number of halogens is 1. The number of nitrogens with zero attached hydrogens (tertiary/aromatic N) is 3. The van der Waals surface area contributed by atoms with Gasteiger partial charge in [0.15, 0.2) is 0 Å². The van der Waals surface area contributed by atoms with E-state index in [2.05, 4.69) is 10.6 Å². The van der Waals surface area contributed by atoms with Crippen LogP contribution in [0.3, 0.4) is 0 Å². The Morgan fingerprint density at radius 2 is 1.82 bits per heavy atom. The molecule has 1 aromatic rings. The van der Waals surface area contributed by atoms with Crippen molar-refractivity contribution in [2.45, 2.75) is 103 Å². The van der Waals surface area contributed by atoms with E-state index in [-0.39, 0.29) is 50.7 Å². The first-order valence-corrected chi connectivity index (χ1v) is 16.8. The van der Waals surface area contributed by atoms with Crippen LogP contribution in [-0.4, -0.2) is 124 Å². The van der Waals surface area contributed by atoms with Crippen LogP contribution < -0.4 is 16.4 Å². The van der Waals surface area contributed by atoms with Crippen molar-refractivity contribution < 1.29 is 43.0 Å². The minimum atomic E-state index is -1.35. The molecule has 3 aliphatic heterocycles. The smallest absolute Gasteiger partial charge is 0.329 e. The summed E-state index contributed by atoms with van der Waals surface area (Å²) in [6.45, 7) is 8.48. The van der Waals surface area contributed by atoms with Crippen molar-refractivity contribution in [3.8, 4) is 0 Å². The molecule has 0 spiro atoms. The van der Waals surface area contributed by atoms with Gasteiger partial charge in [0, 0.05) is 33.1 Å². The minimum Gasteiger partial charge on any atom is -0.458 e. The largest absolute Gasteiger partial charge is 0.458 e. The molecule has 2 bridgehead atoms. The van der Waals surface area contributed by atoms with Crippen molar-refractivity contribution in [1.82, 2.24) is 25.3 Å². The Bertz CT molecular complexity index is 1440. The first-order valence-electron chi connectivity index (χ1n) is 16.8. The van der Waals surface area contributed by atoms with E-state index >= 15 is 0 Å². The topological polar surface area (TPSA) is 192 Å². The molecule has 3 aliphatic rings. The fourth-order valence-corrected chi connectivity index (χ4v) is 7.03. The van der Waals surface area contributed by atoms with Crippen LogP contribution in [0.4, 0.5) is 4.39 Å². The van der Waals surface area contributed by atoms with Gasteiger partial charge in [-0.15, -0.1) is 0 Å². The van der Waals surface area contributed by atoms with Crippen LogP contribution >= 0.6 is 0 Å². The van der Waals surface area contributed by atoms with Crippen LogP contribution in [0.5, 0.6) is 0 Å². The maximum atomic E-state index is 14.0. The number of nitrogens with two attached hydrogens (primary N) is 1. The summed E-state index contributed by atoms with van der Waals surface area (Å²) in [7, 11) is 1.40. The zero-order chi connectivity index (χ0) is 36.3. The van der Waals surface area contributed by atoms with Crippen LogP contribution in [0.15, 0.2) is 18.2 Å². The van der Waals surface area contributed by atoms with Gasteiger partial charge in [-0.2, -0.15) is 0 Å². The standard InChI is InChI=1S/C34H49FN6O8/c1-17-9-23(12-24(35)10-17)13-25(36)30(44)38-28-21(5)49-34(48)26-11-18(2)15-41(26)32(46)19(3)37-31(45)29(20(4)42)39(6)27(43)14-22-7-8-40(16-22)33(28)47/h9-10,12,18-22,25-26,28-29,42H,7-8,11,13-16,36H2,1-6H3,(H,37,45)(H,38,44)/t18-,19-,20?,21-,22?,25-,26-,28-,29-/m0/s1. The number of fused-ring (bicyclic) bond motifs is 3. The highest BCUT2D eigenvalue weighted by Crippen LogP contribution is 2.27. The average Bonchev–Trinajstić information content (AvgIpc) is 3.64. The van der Waals surface area contributed by atoms with E-state index in [9.17, 15) is 38.3 Å². The third kappa shape index (κ3) is 8.93. The van der Waals surface area contributed by atoms with Gasteiger partial charge in [0.1, 0.15) is 36.1 Å². The summed E-state index contributed by atoms with van der Waals surface area (Å²) in [5.74, 6) is -4.60. The van der Waals surface area contributed by atoms with Gasteiger partial charge in [0.05, 0.1) is 12.1 Å². The number of aryl methyl sites for hydroxylation is 1. The van der Waals surface area contributed by atoms with Gasteiger partial charge in [0.2, 0.25) is 29.5 Å². The van der Waals surface area contributed by atoms with E-state index in [1.165, 1.54) is 49.8 Å². The molecule has 14 nitrogen and oxygen atoms in total. The fraction of sp³-hybridized carbons (Fsp3) is 0.647. The molecule has 4 rings (SSSR count). The van der Waals surface area contributed by atoms with Crippen LogP contribution in [0, 0.1) is 24.6 Å². The molecule has 3 fully saturated rings. The van der Waals surface area contributed by atoms with Crippen molar-refractivity contribution in [2.24, 2.45) is 17.6 Å². The molecule has 270 valence electrons. The highest BCUT2D eigenvalue weighted by atomic mass is 19.1. The van der Waals surface area contributed by atoms with Gasteiger partial charge in [0.25, 0.3) is 0 Å². The maximum absolute atomic E-state index is 14.0. The average molecular weight is 689 g/mol. The summed E-state index contributed by atoms with van der Waals surface area (Å²) < 4.78 is 19.8. The number of likely N-dealkylation sites (N-methyl/N-ethyl adjacent to an activating group) is 1. The Balaban J connectivity index is 1.63. The molecule has 9 atom stereocenters. The summed E-state index contributed by atoms with van der Waals surface area (Å²) in [4.78, 5) is 85.2. The Morgan fingerprint density at radius 1 is 1.12 bits per heavy atom. The molecule has 0 aromatic heterocycles. The van der Waals surface area contributed by atoms with E-state index in [4.69, 9.17) is 10.5 Å². The van der Waals surface area contributed by atoms with Crippen LogP contribution in [0.25, 0.3) is 0 Å². The number of cyclic esters (lactones) is 1. The third-order valence-corrected chi connectivity index (χ3v) is 9.62. The second kappa shape index (κ2) is 15.6. The fourth-order valence-electron chi connectivity index (χ4n) is 7.03. The highest BCUT2D eigenvalue weighted by molar-refractivity contribution is 5.94. The lowest BCUT2D eigenvalue weighted by molar-refractivity contribution is -0.161. The lowest BCUT2D eigenvalue weighted by atomic mass is 10.0. The number of ether oxygens (including phenoxy) is 1. The molecule has 0 saturated carbocycles. The number of benzene rings is 1. The molecule has 5 N–H and O–H groups in total. The number of carbonyl (C=O) groups is 6. The minimum absolute atomic E-state index is 0.0138. The lowest BCUT2D eigenvalue weighted by Gasteiger charge is -2.33. The molecular weight excluding hydrogens is 639 g/mol. The number of nitrogens with one attached hydrogen (secondary N) is 2.